The van der Waals surface area contributed by atoms with Crippen LogP contribution in [-0.4, -0.2) is 51.5 Å². The van der Waals surface area contributed by atoms with E-state index < -0.39 is 21.6 Å². The van der Waals surface area contributed by atoms with Gasteiger partial charge in [-0.2, -0.15) is 0 Å². The summed E-state index contributed by atoms with van der Waals surface area (Å²) in [5, 5.41) is 0.0370. The first-order chi connectivity index (χ1) is 14.9. The fourth-order valence-electron chi connectivity index (χ4n) is 3.78. The molecule has 4 rings (SSSR count). The van der Waals surface area contributed by atoms with Crippen LogP contribution in [0.2, 0.25) is 0 Å². The van der Waals surface area contributed by atoms with Gasteiger partial charge in [0.25, 0.3) is 5.91 Å². The molecule has 1 amide bonds. The average molecular weight is 444 g/mol. The van der Waals surface area contributed by atoms with Crippen LogP contribution in [-0.2, 0) is 9.84 Å². The van der Waals surface area contributed by atoms with Crippen molar-refractivity contribution < 1.29 is 27.1 Å². The number of hydrogen-bond acceptors (Lipinski definition) is 6. The van der Waals surface area contributed by atoms with Gasteiger partial charge in [-0.1, -0.05) is 0 Å². The summed E-state index contributed by atoms with van der Waals surface area (Å²) >= 11 is 0. The Labute approximate surface area is 179 Å². The maximum atomic E-state index is 14.1. The van der Waals surface area contributed by atoms with Gasteiger partial charge in [-0.05, 0) is 43.2 Å². The highest BCUT2D eigenvalue weighted by atomic mass is 32.2. The van der Waals surface area contributed by atoms with E-state index in [-0.39, 0.29) is 32.0 Å². The molecule has 7 nitrogen and oxygen atoms in total. The smallest absolute Gasteiger partial charge is 0.256 e. The second kappa shape index (κ2) is 8.14. The minimum absolute atomic E-state index is 0.0370. The van der Waals surface area contributed by atoms with Crippen molar-refractivity contribution in [2.75, 3.05) is 27.3 Å². The monoisotopic (exact) mass is 444 g/mol. The van der Waals surface area contributed by atoms with E-state index in [1.807, 2.05) is 0 Å². The molecule has 0 atom stereocenters. The molecular weight excluding hydrogens is 423 g/mol. The van der Waals surface area contributed by atoms with E-state index in [1.54, 1.807) is 11.0 Å². The zero-order chi connectivity index (χ0) is 22.2. The molecule has 0 bridgehead atoms. The van der Waals surface area contributed by atoms with Gasteiger partial charge in [-0.15, -0.1) is 0 Å². The van der Waals surface area contributed by atoms with Crippen LogP contribution in [0, 0.1) is 5.82 Å². The zero-order valence-electron chi connectivity index (χ0n) is 17.1. The molecule has 0 aliphatic carbocycles. The number of amides is 1. The van der Waals surface area contributed by atoms with E-state index in [1.165, 1.54) is 44.7 Å². The normalized spacial score (nSPS) is 14.1. The van der Waals surface area contributed by atoms with Crippen molar-refractivity contribution in [2.45, 2.75) is 22.6 Å². The number of methoxy groups -OCH3 is 2. The van der Waals surface area contributed by atoms with Crippen molar-refractivity contribution in [1.82, 2.24) is 9.88 Å². The van der Waals surface area contributed by atoms with Crippen molar-refractivity contribution in [3.8, 4) is 11.5 Å². The number of aromatic nitrogens is 1. The molecule has 1 fully saturated rings. The summed E-state index contributed by atoms with van der Waals surface area (Å²) in [6, 6.07) is 8.03. The summed E-state index contributed by atoms with van der Waals surface area (Å²) in [4.78, 5) is 18.6. The quantitative estimate of drug-likeness (QED) is 0.599. The molecule has 0 N–H and O–H groups in total. The number of carbonyl (C=O) groups is 1. The number of fused-ring (bicyclic) bond motifs is 1. The number of pyridine rings is 1. The molecule has 0 saturated carbocycles. The average Bonchev–Trinajstić information content (AvgIpc) is 3.32. The number of rotatable bonds is 5. The van der Waals surface area contributed by atoms with Gasteiger partial charge in [0, 0.05) is 30.7 Å². The van der Waals surface area contributed by atoms with Crippen LogP contribution in [0.15, 0.2) is 52.4 Å². The molecule has 1 aromatic heterocycles. The molecule has 1 aliphatic heterocycles. The van der Waals surface area contributed by atoms with E-state index in [0.717, 1.165) is 18.9 Å². The van der Waals surface area contributed by atoms with Gasteiger partial charge >= 0.3 is 0 Å². The number of ether oxygens (including phenoxy) is 2. The van der Waals surface area contributed by atoms with E-state index in [9.17, 15) is 17.6 Å². The van der Waals surface area contributed by atoms with Crippen molar-refractivity contribution in [2.24, 2.45) is 0 Å². The van der Waals surface area contributed by atoms with Gasteiger partial charge in [0.1, 0.15) is 22.2 Å². The summed E-state index contributed by atoms with van der Waals surface area (Å²) in [5.74, 6) is -0.691. The summed E-state index contributed by atoms with van der Waals surface area (Å²) in [6.45, 7) is 1.06. The molecule has 0 unspecified atom stereocenters. The molecular formula is C22H21FN2O5S. The largest absolute Gasteiger partial charge is 0.497 e. The third-order valence-electron chi connectivity index (χ3n) is 5.33. The molecule has 2 heterocycles. The van der Waals surface area contributed by atoms with E-state index >= 15 is 0 Å². The van der Waals surface area contributed by atoms with Gasteiger partial charge < -0.3 is 14.4 Å². The number of halogens is 1. The Kier molecular flexibility index (Phi) is 5.53. The lowest BCUT2D eigenvalue weighted by Gasteiger charge is -2.19. The molecule has 3 aromatic rings. The molecule has 0 spiro atoms. The number of nitrogens with zero attached hydrogens (tertiary/aromatic N) is 2. The van der Waals surface area contributed by atoms with E-state index in [4.69, 9.17) is 9.47 Å². The number of likely N-dealkylation sites (tertiary alicyclic amines) is 1. The molecule has 1 aliphatic rings. The summed E-state index contributed by atoms with van der Waals surface area (Å²) in [7, 11) is -1.56. The molecule has 162 valence electrons. The van der Waals surface area contributed by atoms with Gasteiger partial charge in [-0.3, -0.25) is 9.78 Å². The van der Waals surface area contributed by atoms with Crippen LogP contribution in [0.3, 0.4) is 0 Å². The highest BCUT2D eigenvalue weighted by Gasteiger charge is 2.33. The third kappa shape index (κ3) is 3.69. The Balaban J connectivity index is 2.04. The summed E-state index contributed by atoms with van der Waals surface area (Å²) in [6.07, 6.45) is 2.93. The van der Waals surface area contributed by atoms with Gasteiger partial charge in [0.2, 0.25) is 9.84 Å². The predicted molar refractivity (Wildman–Crippen MR) is 112 cm³/mol. The van der Waals surface area contributed by atoms with Gasteiger partial charge in [0.15, 0.2) is 0 Å². The minimum Gasteiger partial charge on any atom is -0.497 e. The molecule has 9 heteroatoms. The number of carbonyl (C=O) groups excluding carboxylic acids is 1. The number of hydrogen-bond donors (Lipinski definition) is 0. The van der Waals surface area contributed by atoms with Crippen LogP contribution in [0.25, 0.3) is 10.9 Å². The Hall–Kier alpha value is -3.20. The van der Waals surface area contributed by atoms with Crippen molar-refractivity contribution in [3.05, 3.63) is 54.0 Å². The summed E-state index contributed by atoms with van der Waals surface area (Å²) < 4.78 is 52.4. The lowest BCUT2D eigenvalue weighted by Crippen LogP contribution is -2.29. The fraction of sp³-hybridized carbons (Fsp3) is 0.273. The first-order valence-electron chi connectivity index (χ1n) is 9.71. The first-order valence-corrected chi connectivity index (χ1v) is 11.2. The number of sulfone groups is 1. The Morgan fingerprint density at radius 3 is 2.48 bits per heavy atom. The maximum Gasteiger partial charge on any atom is 0.256 e. The molecule has 2 aromatic carbocycles. The van der Waals surface area contributed by atoms with Crippen LogP contribution >= 0.6 is 0 Å². The predicted octanol–water partition coefficient (Wildman–Crippen LogP) is 3.46. The zero-order valence-corrected chi connectivity index (χ0v) is 17.9. The van der Waals surface area contributed by atoms with Gasteiger partial charge in [-0.25, -0.2) is 12.8 Å². The summed E-state index contributed by atoms with van der Waals surface area (Å²) in [5.41, 5.74) is 0.171. The Bertz CT molecular complexity index is 1270. The van der Waals surface area contributed by atoms with Crippen LogP contribution in [0.4, 0.5) is 4.39 Å². The maximum absolute atomic E-state index is 14.1. The molecule has 31 heavy (non-hydrogen) atoms. The lowest BCUT2D eigenvalue weighted by molar-refractivity contribution is 0.0789. The van der Waals surface area contributed by atoms with Crippen LogP contribution in [0.5, 0.6) is 11.5 Å². The SMILES string of the molecule is COc1ccc(OC)c(S(=O)(=O)c2c(C(=O)N3CCCC3)cnc3ccc(F)cc23)c1. The second-order valence-electron chi connectivity index (χ2n) is 7.18. The first kappa shape index (κ1) is 21.0. The molecule has 1 saturated heterocycles. The minimum atomic E-state index is -4.32. The highest BCUT2D eigenvalue weighted by Crippen LogP contribution is 2.37. The Morgan fingerprint density at radius 2 is 1.81 bits per heavy atom. The van der Waals surface area contributed by atoms with Crippen molar-refractivity contribution in [3.63, 3.8) is 0 Å². The lowest BCUT2D eigenvalue weighted by atomic mass is 10.1. The van der Waals surface area contributed by atoms with Crippen molar-refractivity contribution in [1.29, 1.82) is 0 Å². The van der Waals surface area contributed by atoms with E-state index in [0.29, 0.717) is 18.8 Å². The standard InChI is InChI=1S/C22H21FN2O5S/c1-29-15-6-8-19(30-2)20(12-15)31(27,28)21-16-11-14(23)5-7-18(16)24-13-17(21)22(26)25-9-3-4-10-25/h5-8,11-13H,3-4,9-10H2,1-2H3. The Morgan fingerprint density at radius 1 is 1.06 bits per heavy atom. The van der Waals surface area contributed by atoms with Crippen LogP contribution in [0.1, 0.15) is 23.2 Å². The van der Waals surface area contributed by atoms with Crippen molar-refractivity contribution >= 4 is 26.6 Å². The topological polar surface area (TPSA) is 85.8 Å². The number of benzene rings is 2. The van der Waals surface area contributed by atoms with Crippen LogP contribution < -0.4 is 9.47 Å². The van der Waals surface area contributed by atoms with E-state index in [2.05, 4.69) is 4.98 Å². The highest BCUT2D eigenvalue weighted by molar-refractivity contribution is 7.92. The second-order valence-corrected chi connectivity index (χ2v) is 9.04. The molecule has 0 radical (unpaired) electrons. The van der Waals surface area contributed by atoms with Gasteiger partial charge in [0.05, 0.1) is 30.2 Å². The third-order valence-corrected chi connectivity index (χ3v) is 7.21. The fourth-order valence-corrected chi connectivity index (χ4v) is 5.57.